The average Bonchev–Trinajstić information content (AvgIpc) is 2.39. The quantitative estimate of drug-likeness (QED) is 0.856. The molecule has 0 aliphatic heterocycles. The molecule has 2 aromatic carbocycles. The summed E-state index contributed by atoms with van der Waals surface area (Å²) in [4.78, 5) is 11.0. The molecule has 3 nitrogen and oxygen atoms in total. The Hall–Kier alpha value is -1.56. The zero-order valence-electron chi connectivity index (χ0n) is 9.68. The molecule has 2 aromatic rings. The Morgan fingerprint density at radius 1 is 1.17 bits per heavy atom. The van der Waals surface area contributed by atoms with E-state index in [4.69, 9.17) is 9.84 Å². The van der Waals surface area contributed by atoms with Crippen LogP contribution in [0.2, 0.25) is 0 Å². The van der Waals surface area contributed by atoms with Crippen molar-refractivity contribution in [1.82, 2.24) is 0 Å². The van der Waals surface area contributed by atoms with E-state index in [1.165, 1.54) is 0 Å². The van der Waals surface area contributed by atoms with Crippen LogP contribution in [0.5, 0.6) is 5.75 Å². The lowest BCUT2D eigenvalue weighted by molar-refractivity contribution is 0.0697. The highest BCUT2D eigenvalue weighted by atomic mass is 127. The first-order valence-electron chi connectivity index (χ1n) is 5.29. The first-order chi connectivity index (χ1) is 8.61. The van der Waals surface area contributed by atoms with Crippen LogP contribution in [-0.2, 0) is 0 Å². The molecule has 0 bridgehead atoms. The van der Waals surface area contributed by atoms with Gasteiger partial charge in [-0.15, -0.1) is 0 Å². The molecule has 92 valence electrons. The molecule has 0 heterocycles. The summed E-state index contributed by atoms with van der Waals surface area (Å²) in [5, 5.41) is 9.01. The standard InChI is InChI=1S/C14H11IO3/c1-18-11-5-2-9(3-6-11)12-8-10(14(16)17)4-7-13(12)15/h2-8H,1H3,(H,16,17). The minimum Gasteiger partial charge on any atom is -0.497 e. The number of aromatic carboxylic acids is 1. The molecule has 0 saturated heterocycles. The third kappa shape index (κ3) is 2.64. The van der Waals surface area contributed by atoms with Gasteiger partial charge in [0.25, 0.3) is 0 Å². The van der Waals surface area contributed by atoms with Gasteiger partial charge in [0.2, 0.25) is 0 Å². The number of carbonyl (C=O) groups is 1. The molecule has 0 spiro atoms. The van der Waals surface area contributed by atoms with Crippen molar-refractivity contribution >= 4 is 28.6 Å². The molecule has 18 heavy (non-hydrogen) atoms. The fraction of sp³-hybridized carbons (Fsp3) is 0.0714. The largest absolute Gasteiger partial charge is 0.497 e. The number of carboxylic acids is 1. The van der Waals surface area contributed by atoms with Crippen LogP contribution >= 0.6 is 22.6 Å². The second kappa shape index (κ2) is 5.39. The smallest absolute Gasteiger partial charge is 0.335 e. The highest BCUT2D eigenvalue weighted by Gasteiger charge is 2.08. The predicted octanol–water partition coefficient (Wildman–Crippen LogP) is 3.67. The van der Waals surface area contributed by atoms with Crippen molar-refractivity contribution in [3.8, 4) is 16.9 Å². The van der Waals surface area contributed by atoms with E-state index in [1.807, 2.05) is 30.3 Å². The normalized spacial score (nSPS) is 10.1. The van der Waals surface area contributed by atoms with Gasteiger partial charge in [0.1, 0.15) is 5.75 Å². The topological polar surface area (TPSA) is 46.5 Å². The number of hydrogen-bond acceptors (Lipinski definition) is 2. The van der Waals surface area contributed by atoms with E-state index in [-0.39, 0.29) is 0 Å². The Bertz CT molecular complexity index is 576. The molecule has 0 saturated carbocycles. The van der Waals surface area contributed by atoms with Gasteiger partial charge in [0.15, 0.2) is 0 Å². The third-order valence-electron chi connectivity index (χ3n) is 2.61. The van der Waals surface area contributed by atoms with E-state index in [1.54, 1.807) is 19.2 Å². The van der Waals surface area contributed by atoms with Gasteiger partial charge in [-0.25, -0.2) is 4.79 Å². The van der Waals surface area contributed by atoms with E-state index in [9.17, 15) is 4.79 Å². The second-order valence-electron chi connectivity index (χ2n) is 3.73. The maximum atomic E-state index is 11.0. The van der Waals surface area contributed by atoms with Crippen molar-refractivity contribution in [3.63, 3.8) is 0 Å². The summed E-state index contributed by atoms with van der Waals surface area (Å²) in [6, 6.07) is 12.7. The molecule has 0 radical (unpaired) electrons. The lowest BCUT2D eigenvalue weighted by atomic mass is 10.0. The highest BCUT2D eigenvalue weighted by Crippen LogP contribution is 2.28. The SMILES string of the molecule is COc1ccc(-c2cc(C(=O)O)ccc2I)cc1. The zero-order chi connectivity index (χ0) is 13.1. The summed E-state index contributed by atoms with van der Waals surface area (Å²) in [5.41, 5.74) is 2.18. The molecule has 0 amide bonds. The van der Waals surface area contributed by atoms with Gasteiger partial charge in [-0.3, -0.25) is 0 Å². The lowest BCUT2D eigenvalue weighted by Crippen LogP contribution is -1.97. The minimum absolute atomic E-state index is 0.293. The monoisotopic (exact) mass is 354 g/mol. The predicted molar refractivity (Wildman–Crippen MR) is 78.1 cm³/mol. The maximum absolute atomic E-state index is 11.0. The molecule has 0 unspecified atom stereocenters. The van der Waals surface area contributed by atoms with Crippen LogP contribution in [-0.4, -0.2) is 18.2 Å². The fourth-order valence-electron chi connectivity index (χ4n) is 1.65. The van der Waals surface area contributed by atoms with Gasteiger partial charge in [-0.05, 0) is 64.0 Å². The number of methoxy groups -OCH3 is 1. The Morgan fingerprint density at radius 3 is 2.39 bits per heavy atom. The van der Waals surface area contributed by atoms with Gasteiger partial charge in [0.05, 0.1) is 12.7 Å². The molecular formula is C14H11IO3. The number of halogens is 1. The molecule has 0 atom stereocenters. The van der Waals surface area contributed by atoms with Gasteiger partial charge in [-0.1, -0.05) is 12.1 Å². The molecular weight excluding hydrogens is 343 g/mol. The van der Waals surface area contributed by atoms with E-state index in [2.05, 4.69) is 22.6 Å². The molecule has 4 heteroatoms. The number of ether oxygens (including phenoxy) is 1. The fourth-order valence-corrected chi connectivity index (χ4v) is 2.30. The van der Waals surface area contributed by atoms with Crippen molar-refractivity contribution < 1.29 is 14.6 Å². The van der Waals surface area contributed by atoms with Crippen molar-refractivity contribution in [1.29, 1.82) is 0 Å². The molecule has 0 aliphatic rings. The number of rotatable bonds is 3. The van der Waals surface area contributed by atoms with Crippen LogP contribution in [0.4, 0.5) is 0 Å². The summed E-state index contributed by atoms with van der Waals surface area (Å²) in [6.07, 6.45) is 0. The Labute approximate surface area is 119 Å². The van der Waals surface area contributed by atoms with Crippen LogP contribution < -0.4 is 4.74 Å². The van der Waals surface area contributed by atoms with Crippen LogP contribution in [0.15, 0.2) is 42.5 Å². The Kier molecular flexibility index (Phi) is 3.86. The summed E-state index contributed by atoms with van der Waals surface area (Å²) in [7, 11) is 1.61. The molecule has 0 aliphatic carbocycles. The van der Waals surface area contributed by atoms with Crippen LogP contribution in [0.25, 0.3) is 11.1 Å². The van der Waals surface area contributed by atoms with Gasteiger partial charge < -0.3 is 9.84 Å². The number of benzene rings is 2. The van der Waals surface area contributed by atoms with Crippen LogP contribution in [0, 0.1) is 3.57 Å². The Morgan fingerprint density at radius 2 is 1.83 bits per heavy atom. The molecule has 0 aromatic heterocycles. The van der Waals surface area contributed by atoms with Crippen LogP contribution in [0.3, 0.4) is 0 Å². The van der Waals surface area contributed by atoms with Crippen molar-refractivity contribution in [2.24, 2.45) is 0 Å². The van der Waals surface area contributed by atoms with E-state index in [0.29, 0.717) is 5.56 Å². The Balaban J connectivity index is 2.48. The maximum Gasteiger partial charge on any atom is 0.335 e. The lowest BCUT2D eigenvalue weighted by Gasteiger charge is -2.07. The van der Waals surface area contributed by atoms with E-state index >= 15 is 0 Å². The van der Waals surface area contributed by atoms with Crippen molar-refractivity contribution in [2.45, 2.75) is 0 Å². The first kappa shape index (κ1) is 12.9. The zero-order valence-corrected chi connectivity index (χ0v) is 11.8. The highest BCUT2D eigenvalue weighted by molar-refractivity contribution is 14.1. The van der Waals surface area contributed by atoms with Gasteiger partial charge >= 0.3 is 5.97 Å². The average molecular weight is 354 g/mol. The van der Waals surface area contributed by atoms with Crippen molar-refractivity contribution in [3.05, 3.63) is 51.6 Å². The number of carboxylic acid groups (broad SMARTS) is 1. The second-order valence-corrected chi connectivity index (χ2v) is 4.89. The summed E-state index contributed by atoms with van der Waals surface area (Å²) >= 11 is 2.20. The van der Waals surface area contributed by atoms with Crippen LogP contribution in [0.1, 0.15) is 10.4 Å². The summed E-state index contributed by atoms with van der Waals surface area (Å²) in [6.45, 7) is 0. The van der Waals surface area contributed by atoms with E-state index < -0.39 is 5.97 Å². The minimum atomic E-state index is -0.916. The molecule has 0 fully saturated rings. The number of hydrogen-bond donors (Lipinski definition) is 1. The first-order valence-corrected chi connectivity index (χ1v) is 6.37. The van der Waals surface area contributed by atoms with Crippen molar-refractivity contribution in [2.75, 3.05) is 7.11 Å². The molecule has 1 N–H and O–H groups in total. The summed E-state index contributed by atoms with van der Waals surface area (Å²) in [5.74, 6) is -0.135. The summed E-state index contributed by atoms with van der Waals surface area (Å²) < 4.78 is 6.12. The van der Waals surface area contributed by atoms with Gasteiger partial charge in [0, 0.05) is 3.57 Å². The van der Waals surface area contributed by atoms with Gasteiger partial charge in [-0.2, -0.15) is 0 Å². The third-order valence-corrected chi connectivity index (χ3v) is 3.56. The molecule has 2 rings (SSSR count). The van der Waals surface area contributed by atoms with E-state index in [0.717, 1.165) is 20.4 Å².